The van der Waals surface area contributed by atoms with Gasteiger partial charge in [-0.2, -0.15) is 0 Å². The quantitative estimate of drug-likeness (QED) is 0.583. The van der Waals surface area contributed by atoms with Crippen molar-refractivity contribution in [1.29, 1.82) is 0 Å². The molecule has 0 spiro atoms. The molecule has 0 atom stereocenters. The van der Waals surface area contributed by atoms with Crippen molar-refractivity contribution in [2.24, 2.45) is 0 Å². The van der Waals surface area contributed by atoms with Crippen LogP contribution in [0.5, 0.6) is 0 Å². The Bertz CT molecular complexity index is 262. The zero-order chi connectivity index (χ0) is 8.81. The first-order chi connectivity index (χ1) is 5.83. The molecule has 0 saturated heterocycles. The molecule has 0 N–H and O–H groups in total. The first-order valence-electron chi connectivity index (χ1n) is 3.61. The summed E-state index contributed by atoms with van der Waals surface area (Å²) in [5.74, 6) is 0. The zero-order valence-electron chi connectivity index (χ0n) is 6.66. The predicted octanol–water partition coefficient (Wildman–Crippen LogP) is 2.55. The number of aromatic nitrogens is 1. The van der Waals surface area contributed by atoms with Gasteiger partial charge in [0.1, 0.15) is 0 Å². The van der Waals surface area contributed by atoms with Crippen molar-refractivity contribution < 1.29 is 4.74 Å². The lowest BCUT2D eigenvalue weighted by atomic mass is 10.3. The summed E-state index contributed by atoms with van der Waals surface area (Å²) in [6.45, 7) is 4.72. The number of nitrogens with zero attached hydrogens (tertiary/aromatic N) is 1. The van der Waals surface area contributed by atoms with Gasteiger partial charge in [-0.15, -0.1) is 6.58 Å². The molecular weight excluding hydrogens is 218 g/mol. The maximum Gasteiger partial charge on any atom is 0.0736 e. The number of pyridine rings is 1. The van der Waals surface area contributed by atoms with Crippen LogP contribution in [0.1, 0.15) is 5.56 Å². The van der Waals surface area contributed by atoms with Gasteiger partial charge in [0.2, 0.25) is 0 Å². The normalized spacial score (nSPS) is 9.75. The van der Waals surface area contributed by atoms with E-state index in [9.17, 15) is 0 Å². The highest BCUT2D eigenvalue weighted by molar-refractivity contribution is 9.10. The van der Waals surface area contributed by atoms with E-state index in [0.29, 0.717) is 13.2 Å². The summed E-state index contributed by atoms with van der Waals surface area (Å²) < 4.78 is 6.22. The largest absolute Gasteiger partial charge is 0.373 e. The van der Waals surface area contributed by atoms with Gasteiger partial charge in [0.05, 0.1) is 13.2 Å². The maximum absolute atomic E-state index is 5.24. The molecular formula is C9H10BrNO. The average Bonchev–Trinajstić information content (AvgIpc) is 2.05. The zero-order valence-corrected chi connectivity index (χ0v) is 8.25. The van der Waals surface area contributed by atoms with Gasteiger partial charge in [-0.1, -0.05) is 6.08 Å². The van der Waals surface area contributed by atoms with Crippen LogP contribution in [0.2, 0.25) is 0 Å². The van der Waals surface area contributed by atoms with E-state index in [-0.39, 0.29) is 0 Å². The minimum Gasteiger partial charge on any atom is -0.373 e. The van der Waals surface area contributed by atoms with Crippen molar-refractivity contribution in [3.05, 3.63) is 41.2 Å². The molecule has 0 aromatic carbocycles. The molecule has 0 saturated carbocycles. The van der Waals surface area contributed by atoms with Crippen LogP contribution < -0.4 is 0 Å². The molecule has 2 nitrogen and oxygen atoms in total. The molecule has 0 aliphatic rings. The molecule has 1 rings (SSSR count). The third-order valence-electron chi connectivity index (χ3n) is 1.27. The van der Waals surface area contributed by atoms with E-state index in [4.69, 9.17) is 4.74 Å². The van der Waals surface area contributed by atoms with Crippen molar-refractivity contribution in [2.75, 3.05) is 6.61 Å². The standard InChI is InChI=1S/C9H10BrNO/c1-2-3-12-7-8-4-9(10)6-11-5-8/h2,4-6H,1,3,7H2. The second kappa shape index (κ2) is 5.06. The van der Waals surface area contributed by atoms with Gasteiger partial charge in [0, 0.05) is 16.9 Å². The molecule has 1 aromatic heterocycles. The van der Waals surface area contributed by atoms with Crippen molar-refractivity contribution in [2.45, 2.75) is 6.61 Å². The topological polar surface area (TPSA) is 22.1 Å². The lowest BCUT2D eigenvalue weighted by molar-refractivity contribution is 0.148. The highest BCUT2D eigenvalue weighted by atomic mass is 79.9. The van der Waals surface area contributed by atoms with Gasteiger partial charge < -0.3 is 4.74 Å². The van der Waals surface area contributed by atoms with Gasteiger partial charge in [-0.25, -0.2) is 0 Å². The molecule has 0 bridgehead atoms. The third-order valence-corrected chi connectivity index (χ3v) is 1.70. The fourth-order valence-corrected chi connectivity index (χ4v) is 1.21. The summed E-state index contributed by atoms with van der Waals surface area (Å²) >= 11 is 3.33. The Balaban J connectivity index is 2.46. The van der Waals surface area contributed by atoms with Gasteiger partial charge >= 0.3 is 0 Å². The average molecular weight is 228 g/mol. The molecule has 64 valence electrons. The van der Waals surface area contributed by atoms with Crippen molar-refractivity contribution >= 4 is 15.9 Å². The molecule has 3 heteroatoms. The molecule has 12 heavy (non-hydrogen) atoms. The summed E-state index contributed by atoms with van der Waals surface area (Å²) in [4.78, 5) is 4.01. The van der Waals surface area contributed by atoms with Crippen LogP contribution in [-0.2, 0) is 11.3 Å². The van der Waals surface area contributed by atoms with Gasteiger partial charge in [0.25, 0.3) is 0 Å². The van der Waals surface area contributed by atoms with Crippen LogP contribution in [0.3, 0.4) is 0 Å². The Morgan fingerprint density at radius 3 is 3.08 bits per heavy atom. The summed E-state index contributed by atoms with van der Waals surface area (Å²) in [5, 5.41) is 0. The molecule has 0 radical (unpaired) electrons. The highest BCUT2D eigenvalue weighted by Gasteiger charge is 1.93. The van der Waals surface area contributed by atoms with Crippen molar-refractivity contribution in [3.63, 3.8) is 0 Å². The molecule has 0 unspecified atom stereocenters. The van der Waals surface area contributed by atoms with E-state index in [0.717, 1.165) is 10.0 Å². The van der Waals surface area contributed by atoms with E-state index < -0.39 is 0 Å². The smallest absolute Gasteiger partial charge is 0.0736 e. The summed E-state index contributed by atoms with van der Waals surface area (Å²) in [6, 6.07) is 1.98. The van der Waals surface area contributed by atoms with E-state index in [2.05, 4.69) is 27.5 Å². The van der Waals surface area contributed by atoms with Crippen LogP contribution >= 0.6 is 15.9 Å². The first-order valence-corrected chi connectivity index (χ1v) is 4.40. The molecule has 0 aliphatic heterocycles. The lowest BCUT2D eigenvalue weighted by Crippen LogP contribution is -1.92. The molecule has 1 heterocycles. The van der Waals surface area contributed by atoms with Gasteiger partial charge in [-0.05, 0) is 27.6 Å². The Labute approximate surface area is 80.4 Å². The SMILES string of the molecule is C=CCOCc1cncc(Br)c1. The van der Waals surface area contributed by atoms with Crippen LogP contribution in [0.25, 0.3) is 0 Å². The fourth-order valence-electron chi connectivity index (χ4n) is 0.795. The number of halogens is 1. The monoisotopic (exact) mass is 227 g/mol. The van der Waals surface area contributed by atoms with Crippen LogP contribution in [0.15, 0.2) is 35.6 Å². The molecule has 0 amide bonds. The van der Waals surface area contributed by atoms with E-state index in [1.54, 1.807) is 18.5 Å². The Hall–Kier alpha value is -0.670. The van der Waals surface area contributed by atoms with Gasteiger partial charge in [0.15, 0.2) is 0 Å². The van der Waals surface area contributed by atoms with Crippen molar-refractivity contribution in [3.8, 4) is 0 Å². The Morgan fingerprint density at radius 1 is 1.58 bits per heavy atom. The van der Waals surface area contributed by atoms with Crippen LogP contribution in [0.4, 0.5) is 0 Å². The van der Waals surface area contributed by atoms with Crippen molar-refractivity contribution in [1.82, 2.24) is 4.98 Å². The predicted molar refractivity (Wildman–Crippen MR) is 51.8 cm³/mol. The second-order valence-corrected chi connectivity index (χ2v) is 3.23. The second-order valence-electron chi connectivity index (χ2n) is 2.32. The maximum atomic E-state index is 5.24. The summed E-state index contributed by atoms with van der Waals surface area (Å²) in [6.07, 6.45) is 5.26. The molecule has 0 fully saturated rings. The third kappa shape index (κ3) is 3.15. The van der Waals surface area contributed by atoms with Crippen LogP contribution in [0, 0.1) is 0 Å². The Kier molecular flexibility index (Phi) is 3.97. The number of rotatable bonds is 4. The minimum atomic E-state index is 0.576. The minimum absolute atomic E-state index is 0.576. The molecule has 0 aliphatic carbocycles. The molecule has 1 aromatic rings. The number of ether oxygens (including phenoxy) is 1. The van der Waals surface area contributed by atoms with Gasteiger partial charge in [-0.3, -0.25) is 4.98 Å². The fraction of sp³-hybridized carbons (Fsp3) is 0.222. The van der Waals surface area contributed by atoms with E-state index in [1.807, 2.05) is 6.07 Å². The van der Waals surface area contributed by atoms with E-state index >= 15 is 0 Å². The highest BCUT2D eigenvalue weighted by Crippen LogP contribution is 2.09. The number of hydrogen-bond donors (Lipinski definition) is 0. The van der Waals surface area contributed by atoms with E-state index in [1.165, 1.54) is 0 Å². The Morgan fingerprint density at radius 2 is 2.42 bits per heavy atom. The van der Waals surface area contributed by atoms with Crippen LogP contribution in [-0.4, -0.2) is 11.6 Å². The lowest BCUT2D eigenvalue weighted by Gasteiger charge is -2.00. The summed E-state index contributed by atoms with van der Waals surface area (Å²) in [7, 11) is 0. The number of hydrogen-bond acceptors (Lipinski definition) is 2. The summed E-state index contributed by atoms with van der Waals surface area (Å²) in [5.41, 5.74) is 1.06. The first kappa shape index (κ1) is 9.42.